The molecule has 0 aliphatic heterocycles. The number of nitrogens with zero attached hydrogens (tertiary/aromatic N) is 2. The highest BCUT2D eigenvalue weighted by Gasteiger charge is 2.22. The van der Waals surface area contributed by atoms with Gasteiger partial charge in [-0.3, -0.25) is 4.90 Å². The fourth-order valence-electron chi connectivity index (χ4n) is 3.05. The Morgan fingerprint density at radius 1 is 1.30 bits per heavy atom. The van der Waals surface area contributed by atoms with Crippen LogP contribution in [0.5, 0.6) is 0 Å². The van der Waals surface area contributed by atoms with Crippen molar-refractivity contribution in [1.82, 2.24) is 9.88 Å². The van der Waals surface area contributed by atoms with Crippen molar-refractivity contribution in [3.63, 3.8) is 0 Å². The molecule has 0 amide bonds. The summed E-state index contributed by atoms with van der Waals surface area (Å²) < 4.78 is 0. The third kappa shape index (κ3) is 4.20. The first-order valence-electron chi connectivity index (χ1n) is 8.08. The van der Waals surface area contributed by atoms with Crippen molar-refractivity contribution in [2.45, 2.75) is 58.5 Å². The predicted octanol–water partition coefficient (Wildman–Crippen LogP) is 3.91. The van der Waals surface area contributed by atoms with Gasteiger partial charge in [0.15, 0.2) is 0 Å². The summed E-state index contributed by atoms with van der Waals surface area (Å²) >= 11 is 0. The average molecular weight is 275 g/mol. The topological polar surface area (TPSA) is 28.2 Å². The number of aromatic nitrogens is 1. The van der Waals surface area contributed by atoms with Crippen molar-refractivity contribution in [2.75, 3.05) is 18.9 Å². The Balaban J connectivity index is 1.94. The summed E-state index contributed by atoms with van der Waals surface area (Å²) in [6, 6.07) is 4.99. The number of rotatable bonds is 6. The zero-order valence-corrected chi connectivity index (χ0v) is 13.2. The van der Waals surface area contributed by atoms with Gasteiger partial charge < -0.3 is 5.32 Å². The predicted molar refractivity (Wildman–Crippen MR) is 85.9 cm³/mol. The van der Waals surface area contributed by atoms with Crippen LogP contribution in [0, 0.1) is 5.92 Å². The Hall–Kier alpha value is -1.09. The SMILES string of the molecule is CCCNc1ncccc1CN(C)C1CCC(C)CC1. The molecule has 0 atom stereocenters. The van der Waals surface area contributed by atoms with Gasteiger partial charge in [0.05, 0.1) is 0 Å². The molecule has 0 aromatic carbocycles. The van der Waals surface area contributed by atoms with Crippen molar-refractivity contribution in [1.29, 1.82) is 0 Å². The van der Waals surface area contributed by atoms with Gasteiger partial charge in [-0.15, -0.1) is 0 Å². The molecule has 0 unspecified atom stereocenters. The molecule has 20 heavy (non-hydrogen) atoms. The molecule has 3 heteroatoms. The van der Waals surface area contributed by atoms with Gasteiger partial charge in [0, 0.05) is 30.9 Å². The minimum Gasteiger partial charge on any atom is -0.370 e. The van der Waals surface area contributed by atoms with Crippen LogP contribution in [-0.4, -0.2) is 29.5 Å². The summed E-state index contributed by atoms with van der Waals surface area (Å²) in [6.45, 7) is 6.56. The average Bonchev–Trinajstić information content (AvgIpc) is 2.47. The summed E-state index contributed by atoms with van der Waals surface area (Å²) in [6.07, 6.45) is 8.45. The first-order chi connectivity index (χ1) is 9.70. The van der Waals surface area contributed by atoms with Gasteiger partial charge in [-0.2, -0.15) is 0 Å². The lowest BCUT2D eigenvalue weighted by molar-refractivity contribution is 0.164. The molecular weight excluding hydrogens is 246 g/mol. The van der Waals surface area contributed by atoms with E-state index < -0.39 is 0 Å². The molecule has 0 saturated heterocycles. The highest BCUT2D eigenvalue weighted by molar-refractivity contribution is 5.43. The van der Waals surface area contributed by atoms with E-state index in [1.165, 1.54) is 31.2 Å². The molecule has 1 aliphatic carbocycles. The van der Waals surface area contributed by atoms with Crippen LogP contribution in [0.15, 0.2) is 18.3 Å². The van der Waals surface area contributed by atoms with E-state index in [-0.39, 0.29) is 0 Å². The van der Waals surface area contributed by atoms with Gasteiger partial charge in [0.25, 0.3) is 0 Å². The van der Waals surface area contributed by atoms with Gasteiger partial charge in [-0.05, 0) is 51.1 Å². The normalized spacial score (nSPS) is 23.0. The van der Waals surface area contributed by atoms with Gasteiger partial charge in [-0.1, -0.05) is 19.9 Å². The number of hydrogen-bond donors (Lipinski definition) is 1. The fourth-order valence-corrected chi connectivity index (χ4v) is 3.05. The maximum absolute atomic E-state index is 4.49. The Bertz CT molecular complexity index is 397. The molecule has 112 valence electrons. The zero-order valence-electron chi connectivity index (χ0n) is 13.2. The van der Waals surface area contributed by atoms with E-state index in [0.29, 0.717) is 0 Å². The van der Waals surface area contributed by atoms with Crippen LogP contribution in [0.1, 0.15) is 51.5 Å². The van der Waals surface area contributed by atoms with E-state index in [1.54, 1.807) is 0 Å². The van der Waals surface area contributed by atoms with Crippen molar-refractivity contribution >= 4 is 5.82 Å². The molecule has 1 saturated carbocycles. The Kier molecular flexibility index (Phi) is 5.84. The summed E-state index contributed by atoms with van der Waals surface area (Å²) in [4.78, 5) is 7.00. The summed E-state index contributed by atoms with van der Waals surface area (Å²) in [5.41, 5.74) is 1.32. The van der Waals surface area contributed by atoms with Crippen LogP contribution in [0.4, 0.5) is 5.82 Å². The molecule has 1 aliphatic rings. The van der Waals surface area contributed by atoms with Crippen LogP contribution in [0.3, 0.4) is 0 Å². The first-order valence-corrected chi connectivity index (χ1v) is 8.08. The van der Waals surface area contributed by atoms with Gasteiger partial charge in [0.1, 0.15) is 5.82 Å². The molecule has 0 radical (unpaired) electrons. The van der Waals surface area contributed by atoms with Gasteiger partial charge in [0.2, 0.25) is 0 Å². The number of hydrogen-bond acceptors (Lipinski definition) is 3. The first kappa shape index (κ1) is 15.3. The minimum atomic E-state index is 0.741. The minimum absolute atomic E-state index is 0.741. The van der Waals surface area contributed by atoms with Crippen molar-refractivity contribution < 1.29 is 0 Å². The lowest BCUT2D eigenvalue weighted by Gasteiger charge is -2.33. The second-order valence-corrected chi connectivity index (χ2v) is 6.27. The molecule has 0 bridgehead atoms. The lowest BCUT2D eigenvalue weighted by atomic mass is 9.86. The molecule has 1 aromatic heterocycles. The number of pyridine rings is 1. The molecule has 3 nitrogen and oxygen atoms in total. The van der Waals surface area contributed by atoms with E-state index in [2.05, 4.69) is 42.2 Å². The quantitative estimate of drug-likeness (QED) is 0.853. The Labute approximate surface area is 123 Å². The number of anilines is 1. The smallest absolute Gasteiger partial charge is 0.130 e. The van der Waals surface area contributed by atoms with E-state index in [0.717, 1.165) is 37.3 Å². The third-order valence-electron chi connectivity index (χ3n) is 4.46. The largest absolute Gasteiger partial charge is 0.370 e. The maximum Gasteiger partial charge on any atom is 0.130 e. The maximum atomic E-state index is 4.49. The molecule has 1 fully saturated rings. The van der Waals surface area contributed by atoms with E-state index in [9.17, 15) is 0 Å². The summed E-state index contributed by atoms with van der Waals surface area (Å²) in [7, 11) is 2.26. The third-order valence-corrected chi connectivity index (χ3v) is 4.46. The van der Waals surface area contributed by atoms with E-state index in [1.807, 2.05) is 12.3 Å². The van der Waals surface area contributed by atoms with Crippen LogP contribution in [-0.2, 0) is 6.54 Å². The molecule has 1 N–H and O–H groups in total. The molecule has 2 rings (SSSR count). The van der Waals surface area contributed by atoms with Crippen molar-refractivity contribution in [3.8, 4) is 0 Å². The van der Waals surface area contributed by atoms with Crippen LogP contribution < -0.4 is 5.32 Å². The second kappa shape index (κ2) is 7.63. The lowest BCUT2D eigenvalue weighted by Crippen LogP contribution is -2.34. The molecular formula is C17H29N3. The monoisotopic (exact) mass is 275 g/mol. The molecule has 1 aromatic rings. The Morgan fingerprint density at radius 2 is 2.05 bits per heavy atom. The van der Waals surface area contributed by atoms with Crippen LogP contribution >= 0.6 is 0 Å². The standard InChI is InChI=1S/C17H29N3/c1-4-11-18-17-15(6-5-12-19-17)13-20(3)16-9-7-14(2)8-10-16/h5-6,12,14,16H,4,7-11,13H2,1-3H3,(H,18,19). The van der Waals surface area contributed by atoms with Crippen LogP contribution in [0.2, 0.25) is 0 Å². The highest BCUT2D eigenvalue weighted by atomic mass is 15.1. The molecule has 0 spiro atoms. The van der Waals surface area contributed by atoms with Crippen molar-refractivity contribution in [3.05, 3.63) is 23.9 Å². The summed E-state index contributed by atoms with van der Waals surface area (Å²) in [5, 5.41) is 3.44. The highest BCUT2D eigenvalue weighted by Crippen LogP contribution is 2.27. The van der Waals surface area contributed by atoms with Crippen LogP contribution in [0.25, 0.3) is 0 Å². The fraction of sp³-hybridized carbons (Fsp3) is 0.706. The Morgan fingerprint density at radius 3 is 2.75 bits per heavy atom. The van der Waals surface area contributed by atoms with E-state index >= 15 is 0 Å². The van der Waals surface area contributed by atoms with Crippen molar-refractivity contribution in [2.24, 2.45) is 5.92 Å². The molecule has 1 heterocycles. The van der Waals surface area contributed by atoms with Gasteiger partial charge >= 0.3 is 0 Å². The van der Waals surface area contributed by atoms with E-state index in [4.69, 9.17) is 0 Å². The van der Waals surface area contributed by atoms with Gasteiger partial charge in [-0.25, -0.2) is 4.98 Å². The summed E-state index contributed by atoms with van der Waals surface area (Å²) in [5.74, 6) is 1.98. The number of nitrogens with one attached hydrogen (secondary N) is 1. The zero-order chi connectivity index (χ0) is 14.4. The second-order valence-electron chi connectivity index (χ2n) is 6.27.